The molecule has 0 aromatic heterocycles. The SMILES string of the molecule is COC(=O)c1ccc(NC(=O)C2CCCN(C(=O)C(C)(C)C)C2)cc1. The number of nitrogens with zero attached hydrogens (tertiary/aromatic N) is 1. The zero-order valence-electron chi connectivity index (χ0n) is 15.3. The Morgan fingerprint density at radius 1 is 1.16 bits per heavy atom. The number of hydrogen-bond acceptors (Lipinski definition) is 4. The number of ether oxygens (including phenoxy) is 1. The van der Waals surface area contributed by atoms with Crippen LogP contribution in [0.1, 0.15) is 44.0 Å². The molecule has 1 aliphatic rings. The predicted molar refractivity (Wildman–Crippen MR) is 95.2 cm³/mol. The van der Waals surface area contributed by atoms with Gasteiger partial charge in [0.1, 0.15) is 0 Å². The number of rotatable bonds is 3. The Morgan fingerprint density at radius 3 is 2.36 bits per heavy atom. The Morgan fingerprint density at radius 2 is 1.80 bits per heavy atom. The molecule has 1 aromatic carbocycles. The summed E-state index contributed by atoms with van der Waals surface area (Å²) in [4.78, 5) is 38.2. The van der Waals surface area contributed by atoms with Crippen LogP contribution in [-0.2, 0) is 14.3 Å². The smallest absolute Gasteiger partial charge is 0.337 e. The van der Waals surface area contributed by atoms with Gasteiger partial charge in [-0.1, -0.05) is 20.8 Å². The van der Waals surface area contributed by atoms with E-state index in [-0.39, 0.29) is 17.7 Å². The summed E-state index contributed by atoms with van der Waals surface area (Å²) in [5, 5.41) is 2.86. The van der Waals surface area contributed by atoms with E-state index in [1.165, 1.54) is 7.11 Å². The molecule has 1 atom stereocenters. The average molecular weight is 346 g/mol. The van der Waals surface area contributed by atoms with E-state index in [1.807, 2.05) is 20.8 Å². The maximum absolute atomic E-state index is 12.5. The highest BCUT2D eigenvalue weighted by Crippen LogP contribution is 2.24. The van der Waals surface area contributed by atoms with Gasteiger partial charge in [0.2, 0.25) is 11.8 Å². The van der Waals surface area contributed by atoms with Crippen molar-refractivity contribution >= 4 is 23.5 Å². The first-order valence-corrected chi connectivity index (χ1v) is 8.51. The molecule has 1 N–H and O–H groups in total. The van der Waals surface area contributed by atoms with E-state index in [0.717, 1.165) is 12.8 Å². The zero-order valence-corrected chi connectivity index (χ0v) is 15.3. The van der Waals surface area contributed by atoms with Gasteiger partial charge in [0.25, 0.3) is 0 Å². The zero-order chi connectivity index (χ0) is 18.6. The van der Waals surface area contributed by atoms with Crippen LogP contribution in [0.2, 0.25) is 0 Å². The number of esters is 1. The van der Waals surface area contributed by atoms with Crippen molar-refractivity contribution in [2.45, 2.75) is 33.6 Å². The number of piperidine rings is 1. The molecule has 6 nitrogen and oxygen atoms in total. The maximum atomic E-state index is 12.5. The van der Waals surface area contributed by atoms with E-state index in [0.29, 0.717) is 24.3 Å². The first kappa shape index (κ1) is 19.0. The number of anilines is 1. The quantitative estimate of drug-likeness (QED) is 0.854. The summed E-state index contributed by atoms with van der Waals surface area (Å²) in [6.07, 6.45) is 1.58. The molecule has 136 valence electrons. The van der Waals surface area contributed by atoms with E-state index in [2.05, 4.69) is 10.1 Å². The fourth-order valence-corrected chi connectivity index (χ4v) is 2.90. The van der Waals surface area contributed by atoms with E-state index in [1.54, 1.807) is 29.2 Å². The Labute approximate surface area is 148 Å². The first-order valence-electron chi connectivity index (χ1n) is 8.51. The van der Waals surface area contributed by atoms with Gasteiger partial charge >= 0.3 is 5.97 Å². The van der Waals surface area contributed by atoms with Crippen LogP contribution in [0.5, 0.6) is 0 Å². The van der Waals surface area contributed by atoms with Gasteiger partial charge in [-0.15, -0.1) is 0 Å². The molecule has 0 spiro atoms. The Kier molecular flexibility index (Phi) is 5.82. The summed E-state index contributed by atoms with van der Waals surface area (Å²) in [6.45, 7) is 6.82. The monoisotopic (exact) mass is 346 g/mol. The topological polar surface area (TPSA) is 75.7 Å². The number of carbonyl (C=O) groups excluding carboxylic acids is 3. The van der Waals surface area contributed by atoms with Gasteiger partial charge in [-0.25, -0.2) is 4.79 Å². The number of methoxy groups -OCH3 is 1. The van der Waals surface area contributed by atoms with E-state index < -0.39 is 11.4 Å². The molecule has 0 aliphatic carbocycles. The van der Waals surface area contributed by atoms with Crippen LogP contribution in [0.15, 0.2) is 24.3 Å². The molecule has 25 heavy (non-hydrogen) atoms. The minimum Gasteiger partial charge on any atom is -0.465 e. The highest BCUT2D eigenvalue weighted by atomic mass is 16.5. The molecule has 0 radical (unpaired) electrons. The fourth-order valence-electron chi connectivity index (χ4n) is 2.90. The third-order valence-corrected chi connectivity index (χ3v) is 4.29. The molecule has 1 saturated heterocycles. The van der Waals surface area contributed by atoms with Crippen LogP contribution in [0.4, 0.5) is 5.69 Å². The highest BCUT2D eigenvalue weighted by molar-refractivity contribution is 5.94. The van der Waals surface area contributed by atoms with Gasteiger partial charge in [-0.05, 0) is 37.1 Å². The lowest BCUT2D eigenvalue weighted by atomic mass is 9.91. The third-order valence-electron chi connectivity index (χ3n) is 4.29. The van der Waals surface area contributed by atoms with Gasteiger partial charge < -0.3 is 15.0 Å². The predicted octanol–water partition coefficient (Wildman–Crippen LogP) is 2.70. The second-order valence-electron chi connectivity index (χ2n) is 7.40. The molecule has 1 heterocycles. The van der Waals surface area contributed by atoms with E-state index >= 15 is 0 Å². The molecule has 2 amide bonds. The number of hydrogen-bond donors (Lipinski definition) is 1. The molecule has 1 aromatic rings. The molecule has 0 bridgehead atoms. The molecular formula is C19H26N2O4. The largest absolute Gasteiger partial charge is 0.465 e. The third kappa shape index (κ3) is 4.81. The van der Waals surface area contributed by atoms with Crippen molar-refractivity contribution < 1.29 is 19.1 Å². The standard InChI is InChI=1S/C19H26N2O4/c1-19(2,3)18(24)21-11-5-6-14(12-21)16(22)20-15-9-7-13(8-10-15)17(23)25-4/h7-10,14H,5-6,11-12H2,1-4H3,(H,20,22). The first-order chi connectivity index (χ1) is 11.7. The Bertz CT molecular complexity index is 646. The summed E-state index contributed by atoms with van der Waals surface area (Å²) in [6, 6.07) is 6.56. The normalized spacial score (nSPS) is 17.8. The lowest BCUT2D eigenvalue weighted by Crippen LogP contribution is -2.47. The van der Waals surface area contributed by atoms with Crippen molar-refractivity contribution in [3.8, 4) is 0 Å². The maximum Gasteiger partial charge on any atom is 0.337 e. The van der Waals surface area contributed by atoms with Crippen LogP contribution in [0.3, 0.4) is 0 Å². The lowest BCUT2D eigenvalue weighted by Gasteiger charge is -2.35. The van der Waals surface area contributed by atoms with Gasteiger partial charge in [0.05, 0.1) is 18.6 Å². The molecule has 1 unspecified atom stereocenters. The van der Waals surface area contributed by atoms with Crippen LogP contribution < -0.4 is 5.32 Å². The van der Waals surface area contributed by atoms with Crippen LogP contribution >= 0.6 is 0 Å². The van der Waals surface area contributed by atoms with Crippen molar-refractivity contribution in [3.05, 3.63) is 29.8 Å². The van der Waals surface area contributed by atoms with Crippen LogP contribution in [0.25, 0.3) is 0 Å². The molecule has 1 aliphatic heterocycles. The van der Waals surface area contributed by atoms with Gasteiger partial charge in [-0.2, -0.15) is 0 Å². The Balaban J connectivity index is 1.98. The number of carbonyl (C=O) groups is 3. The number of amides is 2. The fraction of sp³-hybridized carbons (Fsp3) is 0.526. The van der Waals surface area contributed by atoms with Crippen molar-refractivity contribution in [3.63, 3.8) is 0 Å². The second kappa shape index (κ2) is 7.68. The van der Waals surface area contributed by atoms with Crippen LogP contribution in [0, 0.1) is 11.3 Å². The molecule has 6 heteroatoms. The average Bonchev–Trinajstić information content (AvgIpc) is 2.60. The van der Waals surface area contributed by atoms with Gasteiger partial charge in [0, 0.05) is 24.2 Å². The summed E-state index contributed by atoms with van der Waals surface area (Å²) in [5.74, 6) is -0.661. The van der Waals surface area contributed by atoms with E-state index in [9.17, 15) is 14.4 Å². The molecule has 1 fully saturated rings. The number of benzene rings is 1. The lowest BCUT2D eigenvalue weighted by molar-refractivity contribution is -0.142. The minimum absolute atomic E-state index is 0.0763. The van der Waals surface area contributed by atoms with Crippen molar-refractivity contribution in [1.29, 1.82) is 0 Å². The summed E-state index contributed by atoms with van der Waals surface area (Å²) >= 11 is 0. The van der Waals surface area contributed by atoms with Gasteiger partial charge in [0.15, 0.2) is 0 Å². The summed E-state index contributed by atoms with van der Waals surface area (Å²) in [7, 11) is 1.33. The van der Waals surface area contributed by atoms with Gasteiger partial charge in [-0.3, -0.25) is 9.59 Å². The summed E-state index contributed by atoms with van der Waals surface area (Å²) < 4.78 is 4.65. The molecular weight excluding hydrogens is 320 g/mol. The van der Waals surface area contributed by atoms with Crippen molar-refractivity contribution in [2.75, 3.05) is 25.5 Å². The molecule has 2 rings (SSSR count). The second-order valence-corrected chi connectivity index (χ2v) is 7.40. The van der Waals surface area contributed by atoms with Crippen molar-refractivity contribution in [2.24, 2.45) is 11.3 Å². The highest BCUT2D eigenvalue weighted by Gasteiger charge is 2.33. The van der Waals surface area contributed by atoms with Crippen LogP contribution in [-0.4, -0.2) is 42.9 Å². The minimum atomic E-state index is -0.442. The number of nitrogens with one attached hydrogen (secondary N) is 1. The van der Waals surface area contributed by atoms with E-state index in [4.69, 9.17) is 0 Å². The Hall–Kier alpha value is -2.37. The van der Waals surface area contributed by atoms with Crippen molar-refractivity contribution in [1.82, 2.24) is 4.90 Å². The molecule has 0 saturated carbocycles. The summed E-state index contributed by atoms with van der Waals surface area (Å²) in [5.41, 5.74) is 0.610. The number of likely N-dealkylation sites (tertiary alicyclic amines) is 1.